The van der Waals surface area contributed by atoms with Gasteiger partial charge < -0.3 is 15.2 Å². The average Bonchev–Trinajstić information content (AvgIpc) is 3.17. The summed E-state index contributed by atoms with van der Waals surface area (Å²) in [5, 5.41) is 17.3. The zero-order chi connectivity index (χ0) is 14.2. The molecule has 2 aromatic rings. The lowest BCUT2D eigenvalue weighted by atomic mass is 10.0. The maximum absolute atomic E-state index is 9.38. The van der Waals surface area contributed by atoms with Gasteiger partial charge in [-0.15, -0.1) is 5.10 Å². The lowest BCUT2D eigenvalue weighted by molar-refractivity contribution is 0.0591. The predicted octanol–water partition coefficient (Wildman–Crippen LogP) is 2.19. The Hall–Kier alpha value is -2.08. The van der Waals surface area contributed by atoms with Crippen molar-refractivity contribution in [1.82, 2.24) is 14.8 Å². The number of hydrogen-bond acceptors (Lipinski definition) is 5. The molecule has 0 aliphatic carbocycles. The Balaban J connectivity index is 1.68. The lowest BCUT2D eigenvalue weighted by Crippen LogP contribution is -2.32. The lowest BCUT2D eigenvalue weighted by Gasteiger charge is -2.28. The van der Waals surface area contributed by atoms with Crippen LogP contribution in [0.25, 0.3) is 11.4 Å². The highest BCUT2D eigenvalue weighted by Gasteiger charge is 2.32. The summed E-state index contributed by atoms with van der Waals surface area (Å²) in [7, 11) is 0. The van der Waals surface area contributed by atoms with Crippen LogP contribution >= 0.6 is 0 Å². The van der Waals surface area contributed by atoms with Crippen molar-refractivity contribution in [2.75, 3.05) is 18.5 Å². The summed E-state index contributed by atoms with van der Waals surface area (Å²) >= 11 is 0. The Morgan fingerprint density at radius 1 is 1.24 bits per heavy atom. The number of ether oxygens (including phenoxy) is 1. The molecular formula is C15H18N4O2. The Bertz CT molecular complexity index is 632. The molecule has 4 rings (SSSR count). The first-order valence-corrected chi connectivity index (χ1v) is 7.43. The number of fused-ring (bicyclic) bond motifs is 1. The fourth-order valence-electron chi connectivity index (χ4n) is 3.11. The summed E-state index contributed by atoms with van der Waals surface area (Å²) in [5.74, 6) is 1.74. The van der Waals surface area contributed by atoms with E-state index >= 15 is 0 Å². The molecule has 2 aliphatic heterocycles. The topological polar surface area (TPSA) is 72.2 Å². The van der Waals surface area contributed by atoms with Crippen molar-refractivity contribution >= 4 is 5.95 Å². The van der Waals surface area contributed by atoms with Crippen LogP contribution in [0, 0.1) is 0 Å². The van der Waals surface area contributed by atoms with Crippen LogP contribution in [0.1, 0.15) is 25.3 Å². The normalized spacial score (nSPS) is 24.6. The van der Waals surface area contributed by atoms with E-state index in [-0.39, 0.29) is 17.9 Å². The van der Waals surface area contributed by atoms with Crippen molar-refractivity contribution in [1.29, 1.82) is 0 Å². The van der Waals surface area contributed by atoms with E-state index in [1.165, 1.54) is 0 Å². The van der Waals surface area contributed by atoms with E-state index < -0.39 is 0 Å². The molecule has 3 heterocycles. The highest BCUT2D eigenvalue weighted by molar-refractivity contribution is 5.57. The van der Waals surface area contributed by atoms with Gasteiger partial charge in [-0.3, -0.25) is 0 Å². The molecule has 0 bridgehead atoms. The molecule has 0 spiro atoms. The van der Waals surface area contributed by atoms with E-state index in [9.17, 15) is 5.11 Å². The average molecular weight is 286 g/mol. The molecule has 2 unspecified atom stereocenters. The van der Waals surface area contributed by atoms with Crippen molar-refractivity contribution in [2.45, 2.75) is 31.4 Å². The summed E-state index contributed by atoms with van der Waals surface area (Å²) < 4.78 is 7.80. The molecule has 6 heteroatoms. The molecule has 1 aromatic heterocycles. The van der Waals surface area contributed by atoms with Gasteiger partial charge in [-0.2, -0.15) is 4.98 Å². The van der Waals surface area contributed by atoms with Crippen molar-refractivity contribution in [3.63, 3.8) is 0 Å². The standard InChI is InChI=1S/C15H18N4O2/c20-11-5-3-10(4-6-11)14-17-15-16-8-7-12(19(15)18-14)13-2-1-9-21-13/h3-6,12-13,20H,1-2,7-9H2,(H,16,17,18). The largest absolute Gasteiger partial charge is 0.508 e. The van der Waals surface area contributed by atoms with E-state index in [0.717, 1.165) is 43.9 Å². The summed E-state index contributed by atoms with van der Waals surface area (Å²) in [6.45, 7) is 1.75. The van der Waals surface area contributed by atoms with Gasteiger partial charge >= 0.3 is 0 Å². The molecule has 2 N–H and O–H groups in total. The van der Waals surface area contributed by atoms with Crippen molar-refractivity contribution in [3.8, 4) is 17.1 Å². The van der Waals surface area contributed by atoms with Gasteiger partial charge in [0.1, 0.15) is 5.75 Å². The minimum atomic E-state index is 0.248. The molecular weight excluding hydrogens is 268 g/mol. The summed E-state index contributed by atoms with van der Waals surface area (Å²) in [5.41, 5.74) is 0.905. The fraction of sp³-hybridized carbons (Fsp3) is 0.467. The smallest absolute Gasteiger partial charge is 0.222 e. The molecule has 1 saturated heterocycles. The molecule has 0 amide bonds. The molecule has 110 valence electrons. The number of anilines is 1. The van der Waals surface area contributed by atoms with E-state index in [0.29, 0.717) is 5.82 Å². The van der Waals surface area contributed by atoms with Crippen LogP contribution in [0.15, 0.2) is 24.3 Å². The molecule has 21 heavy (non-hydrogen) atoms. The second-order valence-electron chi connectivity index (χ2n) is 5.58. The van der Waals surface area contributed by atoms with Gasteiger partial charge in [-0.1, -0.05) is 0 Å². The van der Waals surface area contributed by atoms with E-state index in [4.69, 9.17) is 4.74 Å². The Morgan fingerprint density at radius 3 is 2.86 bits per heavy atom. The van der Waals surface area contributed by atoms with Gasteiger partial charge in [0.2, 0.25) is 5.95 Å². The van der Waals surface area contributed by atoms with Crippen LogP contribution in [0.2, 0.25) is 0 Å². The Labute approximate surface area is 122 Å². The quantitative estimate of drug-likeness (QED) is 0.885. The molecule has 1 aromatic carbocycles. The first-order valence-electron chi connectivity index (χ1n) is 7.43. The number of nitrogens with one attached hydrogen (secondary N) is 1. The number of nitrogens with zero attached hydrogens (tertiary/aromatic N) is 3. The number of phenolic OH excluding ortho intramolecular Hbond substituents is 1. The summed E-state index contributed by atoms with van der Waals surface area (Å²) in [4.78, 5) is 4.58. The molecule has 2 atom stereocenters. The van der Waals surface area contributed by atoms with Crippen LogP contribution in [0.5, 0.6) is 5.75 Å². The third-order valence-electron chi connectivity index (χ3n) is 4.19. The molecule has 0 saturated carbocycles. The van der Waals surface area contributed by atoms with Gasteiger partial charge in [0.15, 0.2) is 5.82 Å². The number of phenols is 1. The predicted molar refractivity (Wildman–Crippen MR) is 78.2 cm³/mol. The third kappa shape index (κ3) is 2.25. The second-order valence-corrected chi connectivity index (χ2v) is 5.58. The zero-order valence-electron chi connectivity index (χ0n) is 11.7. The fourth-order valence-corrected chi connectivity index (χ4v) is 3.11. The summed E-state index contributed by atoms with van der Waals surface area (Å²) in [6.07, 6.45) is 3.48. The van der Waals surface area contributed by atoms with E-state index in [2.05, 4.69) is 15.4 Å². The first kappa shape index (κ1) is 12.6. The van der Waals surface area contributed by atoms with E-state index in [1.807, 2.05) is 16.8 Å². The van der Waals surface area contributed by atoms with E-state index in [1.54, 1.807) is 12.1 Å². The number of aromatic nitrogens is 3. The van der Waals surface area contributed by atoms with Gasteiger partial charge in [-0.25, -0.2) is 4.68 Å². The molecule has 1 fully saturated rings. The third-order valence-corrected chi connectivity index (χ3v) is 4.19. The van der Waals surface area contributed by atoms with Crippen molar-refractivity contribution in [2.24, 2.45) is 0 Å². The highest BCUT2D eigenvalue weighted by Crippen LogP contribution is 2.33. The van der Waals surface area contributed by atoms with Gasteiger partial charge in [0.25, 0.3) is 0 Å². The number of aromatic hydroxyl groups is 1. The monoisotopic (exact) mass is 286 g/mol. The van der Waals surface area contributed by atoms with Crippen molar-refractivity contribution in [3.05, 3.63) is 24.3 Å². The second kappa shape index (κ2) is 5.04. The number of hydrogen-bond donors (Lipinski definition) is 2. The highest BCUT2D eigenvalue weighted by atomic mass is 16.5. The SMILES string of the molecule is Oc1ccc(-c2nc3n(n2)C(C2CCCO2)CCN3)cc1. The first-order chi connectivity index (χ1) is 10.3. The Morgan fingerprint density at radius 2 is 2.10 bits per heavy atom. The minimum absolute atomic E-state index is 0.248. The van der Waals surface area contributed by atoms with Crippen LogP contribution in [-0.2, 0) is 4.74 Å². The molecule has 6 nitrogen and oxygen atoms in total. The summed E-state index contributed by atoms with van der Waals surface area (Å²) in [6, 6.07) is 7.23. The van der Waals surface area contributed by atoms with Crippen LogP contribution < -0.4 is 5.32 Å². The van der Waals surface area contributed by atoms with Gasteiger partial charge in [-0.05, 0) is 43.5 Å². The van der Waals surface area contributed by atoms with Crippen LogP contribution in [0.4, 0.5) is 5.95 Å². The zero-order valence-corrected chi connectivity index (χ0v) is 11.7. The molecule has 2 aliphatic rings. The number of rotatable bonds is 2. The van der Waals surface area contributed by atoms with Gasteiger partial charge in [0, 0.05) is 18.7 Å². The Kier molecular flexibility index (Phi) is 3.03. The van der Waals surface area contributed by atoms with Crippen molar-refractivity contribution < 1.29 is 9.84 Å². The molecule has 0 radical (unpaired) electrons. The van der Waals surface area contributed by atoms with Crippen LogP contribution in [0.3, 0.4) is 0 Å². The minimum Gasteiger partial charge on any atom is -0.508 e. The van der Waals surface area contributed by atoms with Gasteiger partial charge in [0.05, 0.1) is 12.1 Å². The maximum Gasteiger partial charge on any atom is 0.222 e. The van der Waals surface area contributed by atoms with Crippen LogP contribution in [-0.4, -0.2) is 39.1 Å². The number of benzene rings is 1. The maximum atomic E-state index is 9.38.